The van der Waals surface area contributed by atoms with E-state index in [0.717, 1.165) is 15.6 Å². The van der Waals surface area contributed by atoms with E-state index in [1.165, 1.54) is 0 Å². The maximum absolute atomic E-state index is 10.1. The van der Waals surface area contributed by atoms with Crippen LogP contribution >= 0.6 is 0 Å². The molecule has 0 heterocycles. The largest absolute Gasteiger partial charge is 0.265 e. The van der Waals surface area contributed by atoms with Crippen molar-refractivity contribution in [2.45, 2.75) is 0 Å². The Bertz CT molecular complexity index is 649. The van der Waals surface area contributed by atoms with Crippen molar-refractivity contribution in [1.82, 2.24) is 0 Å². The zero-order valence-corrected chi connectivity index (χ0v) is 12.6. The molecule has 2 heteroatoms. The normalized spacial score (nSPS) is 10.8. The van der Waals surface area contributed by atoms with Crippen LogP contribution in [0.2, 0.25) is 0 Å². The summed E-state index contributed by atoms with van der Waals surface area (Å²) in [6, 6.07) is 30.5. The van der Waals surface area contributed by atoms with E-state index in [2.05, 4.69) is 42.1 Å². The van der Waals surface area contributed by atoms with Gasteiger partial charge in [-0.3, -0.25) is 0 Å². The number of hydrogen-bond donors (Lipinski definition) is 0. The molecule has 21 heavy (non-hydrogen) atoms. The Kier molecular flexibility index (Phi) is 3.68. The van der Waals surface area contributed by atoms with Crippen molar-refractivity contribution in [3.63, 3.8) is 0 Å². The summed E-state index contributed by atoms with van der Waals surface area (Å²) in [6.07, 6.45) is 0. The fourth-order valence-electron chi connectivity index (χ4n) is 2.76. The van der Waals surface area contributed by atoms with Gasteiger partial charge >= 0.3 is 0 Å². The molecule has 0 spiro atoms. The number of hydrogen-bond acceptors (Lipinski definition) is 1. The standard InChI is InChI=1S/C19H15NSi/c20-16-21(17-10-4-1-5-11-17,18-12-6-2-7-13-18)19-14-8-3-9-15-19/h1-15H. The molecule has 3 aromatic carbocycles. The molecule has 0 radical (unpaired) electrons. The summed E-state index contributed by atoms with van der Waals surface area (Å²) < 4.78 is 0. The molecule has 1 nitrogen and oxygen atoms in total. The summed E-state index contributed by atoms with van der Waals surface area (Å²) in [6.45, 7) is 0. The first-order valence-electron chi connectivity index (χ1n) is 6.96. The van der Waals surface area contributed by atoms with Gasteiger partial charge in [-0.1, -0.05) is 91.0 Å². The third-order valence-electron chi connectivity index (χ3n) is 3.79. The maximum Gasteiger partial charge on any atom is 0.265 e. The van der Waals surface area contributed by atoms with Crippen molar-refractivity contribution in [2.75, 3.05) is 0 Å². The van der Waals surface area contributed by atoms with Gasteiger partial charge in [-0.2, -0.15) is 0 Å². The summed E-state index contributed by atoms with van der Waals surface area (Å²) in [5.41, 5.74) is 2.70. The second-order valence-electron chi connectivity index (χ2n) is 4.96. The minimum absolute atomic E-state index is 1.13. The lowest BCUT2D eigenvalue weighted by Crippen LogP contribution is -2.66. The Morgan fingerprint density at radius 3 is 1.05 bits per heavy atom. The van der Waals surface area contributed by atoms with E-state index in [1.54, 1.807) is 0 Å². The van der Waals surface area contributed by atoms with Crippen molar-refractivity contribution in [3.8, 4) is 5.69 Å². The molecule has 0 saturated carbocycles. The average Bonchev–Trinajstić information content (AvgIpc) is 2.59. The second-order valence-corrected chi connectivity index (χ2v) is 8.42. The van der Waals surface area contributed by atoms with Gasteiger partial charge in [-0.15, -0.1) is 0 Å². The van der Waals surface area contributed by atoms with E-state index in [4.69, 9.17) is 0 Å². The Balaban J connectivity index is 2.32. The minimum Gasteiger partial charge on any atom is -0.205 e. The number of benzene rings is 3. The first kappa shape index (κ1) is 13.4. The highest BCUT2D eigenvalue weighted by Gasteiger charge is 2.40. The van der Waals surface area contributed by atoms with Crippen molar-refractivity contribution < 1.29 is 0 Å². The fourth-order valence-corrected chi connectivity index (χ4v) is 6.22. The van der Waals surface area contributed by atoms with Gasteiger partial charge in [0.25, 0.3) is 8.07 Å². The molecule has 0 bridgehead atoms. The van der Waals surface area contributed by atoms with Gasteiger partial charge in [-0.25, -0.2) is 5.26 Å². The summed E-state index contributed by atoms with van der Waals surface area (Å²) in [5.74, 6) is 0. The van der Waals surface area contributed by atoms with Gasteiger partial charge in [-0.05, 0) is 15.6 Å². The number of nitrogens with zero attached hydrogens (tertiary/aromatic N) is 1. The Morgan fingerprint density at radius 2 is 0.810 bits per heavy atom. The van der Waals surface area contributed by atoms with Crippen molar-refractivity contribution in [1.29, 1.82) is 5.26 Å². The zero-order chi connectivity index (χ0) is 14.5. The fraction of sp³-hybridized carbons (Fsp3) is 0. The van der Waals surface area contributed by atoms with E-state index >= 15 is 0 Å². The highest BCUT2D eigenvalue weighted by atomic mass is 28.3. The van der Waals surface area contributed by atoms with Gasteiger partial charge in [0.1, 0.15) is 0 Å². The maximum atomic E-state index is 10.1. The third kappa shape index (κ3) is 2.28. The van der Waals surface area contributed by atoms with Crippen LogP contribution < -0.4 is 15.6 Å². The predicted molar refractivity (Wildman–Crippen MR) is 89.6 cm³/mol. The number of rotatable bonds is 3. The first-order chi connectivity index (χ1) is 10.4. The van der Waals surface area contributed by atoms with Crippen LogP contribution in [0.4, 0.5) is 0 Å². The van der Waals surface area contributed by atoms with Gasteiger partial charge in [0.15, 0.2) is 0 Å². The van der Waals surface area contributed by atoms with Crippen LogP contribution in [0.3, 0.4) is 0 Å². The van der Waals surface area contributed by atoms with Crippen molar-refractivity contribution in [2.24, 2.45) is 0 Å². The summed E-state index contributed by atoms with van der Waals surface area (Å²) in [7, 11) is -2.59. The molecule has 0 atom stereocenters. The molecular weight excluding hydrogens is 270 g/mol. The molecule has 3 rings (SSSR count). The molecule has 0 unspecified atom stereocenters. The van der Waals surface area contributed by atoms with Gasteiger partial charge in [0, 0.05) is 5.69 Å². The molecule has 0 aliphatic heterocycles. The molecule has 0 aromatic heterocycles. The van der Waals surface area contributed by atoms with E-state index in [9.17, 15) is 5.26 Å². The Morgan fingerprint density at radius 1 is 0.524 bits per heavy atom. The molecule has 0 saturated heterocycles. The molecule has 0 N–H and O–H groups in total. The van der Waals surface area contributed by atoms with Crippen LogP contribution in [0.25, 0.3) is 0 Å². The highest BCUT2D eigenvalue weighted by Crippen LogP contribution is 2.06. The van der Waals surface area contributed by atoms with Crippen LogP contribution in [-0.4, -0.2) is 8.07 Å². The average molecular weight is 285 g/mol. The summed E-state index contributed by atoms with van der Waals surface area (Å²) >= 11 is 0. The van der Waals surface area contributed by atoms with Crippen molar-refractivity contribution in [3.05, 3.63) is 91.0 Å². The van der Waals surface area contributed by atoms with E-state index in [1.807, 2.05) is 54.6 Å². The predicted octanol–water partition coefficient (Wildman–Crippen LogP) is 2.22. The minimum atomic E-state index is -2.59. The van der Waals surface area contributed by atoms with Crippen LogP contribution in [0, 0.1) is 11.0 Å². The SMILES string of the molecule is N#C[Si](c1ccccc1)(c1ccccc1)c1ccccc1. The van der Waals surface area contributed by atoms with E-state index in [0.29, 0.717) is 0 Å². The molecule has 100 valence electrons. The quantitative estimate of drug-likeness (QED) is 0.535. The van der Waals surface area contributed by atoms with Gasteiger partial charge in [0.2, 0.25) is 0 Å². The van der Waals surface area contributed by atoms with E-state index < -0.39 is 8.07 Å². The molecule has 0 fully saturated rings. The van der Waals surface area contributed by atoms with Crippen LogP contribution in [0.5, 0.6) is 0 Å². The Labute approximate surface area is 126 Å². The monoisotopic (exact) mass is 285 g/mol. The summed E-state index contributed by atoms with van der Waals surface area (Å²) in [5, 5.41) is 13.5. The van der Waals surface area contributed by atoms with Crippen LogP contribution in [0.1, 0.15) is 0 Å². The smallest absolute Gasteiger partial charge is 0.205 e. The lowest BCUT2D eigenvalue weighted by Gasteiger charge is -2.25. The lowest BCUT2D eigenvalue weighted by atomic mass is 10.3. The molecule has 0 amide bonds. The second kappa shape index (κ2) is 5.78. The molecule has 3 aromatic rings. The first-order valence-corrected chi connectivity index (χ1v) is 8.96. The summed E-state index contributed by atoms with van der Waals surface area (Å²) in [4.78, 5) is 0. The zero-order valence-electron chi connectivity index (χ0n) is 11.6. The molecule has 0 aliphatic carbocycles. The third-order valence-corrected chi connectivity index (χ3v) is 7.72. The van der Waals surface area contributed by atoms with E-state index in [-0.39, 0.29) is 0 Å². The molecular formula is C19H15NSi. The number of nitriles is 1. The lowest BCUT2D eigenvalue weighted by molar-refractivity contribution is 1.54. The topological polar surface area (TPSA) is 23.8 Å². The van der Waals surface area contributed by atoms with Crippen LogP contribution in [-0.2, 0) is 0 Å². The van der Waals surface area contributed by atoms with Crippen molar-refractivity contribution >= 4 is 23.6 Å². The van der Waals surface area contributed by atoms with Crippen LogP contribution in [0.15, 0.2) is 91.0 Å². The van der Waals surface area contributed by atoms with Gasteiger partial charge < -0.3 is 0 Å². The highest BCUT2D eigenvalue weighted by molar-refractivity contribution is 7.16. The molecule has 0 aliphatic rings. The Hall–Kier alpha value is -2.63. The van der Waals surface area contributed by atoms with Gasteiger partial charge in [0.05, 0.1) is 0 Å².